The SMILES string of the molecule is COCCCn1c(-c2cccnc2)c(C)c2c(F)c(F)ccc21. The number of ether oxygens (including phenoxy) is 1. The number of pyridine rings is 1. The molecule has 0 bridgehead atoms. The zero-order chi connectivity index (χ0) is 16.4. The molecule has 0 fully saturated rings. The molecule has 23 heavy (non-hydrogen) atoms. The Morgan fingerprint density at radius 3 is 2.74 bits per heavy atom. The second kappa shape index (κ2) is 6.46. The van der Waals surface area contributed by atoms with Crippen LogP contribution in [0.4, 0.5) is 8.78 Å². The first-order chi connectivity index (χ1) is 11.1. The molecule has 0 amide bonds. The van der Waals surface area contributed by atoms with Crippen LogP contribution in [0.25, 0.3) is 22.2 Å². The third-order valence-corrected chi connectivity index (χ3v) is 4.03. The van der Waals surface area contributed by atoms with Crippen molar-refractivity contribution in [1.82, 2.24) is 9.55 Å². The number of benzene rings is 1. The van der Waals surface area contributed by atoms with E-state index in [0.29, 0.717) is 24.1 Å². The first-order valence-corrected chi connectivity index (χ1v) is 7.51. The summed E-state index contributed by atoms with van der Waals surface area (Å²) in [5.74, 6) is -1.62. The number of aryl methyl sites for hydroxylation is 2. The summed E-state index contributed by atoms with van der Waals surface area (Å²) in [7, 11) is 1.65. The lowest BCUT2D eigenvalue weighted by molar-refractivity contribution is 0.191. The molecule has 3 rings (SSSR count). The van der Waals surface area contributed by atoms with Crippen molar-refractivity contribution < 1.29 is 13.5 Å². The van der Waals surface area contributed by atoms with Crippen LogP contribution in [0, 0.1) is 18.6 Å². The average molecular weight is 316 g/mol. The smallest absolute Gasteiger partial charge is 0.168 e. The Bertz CT molecular complexity index is 828. The van der Waals surface area contributed by atoms with Gasteiger partial charge in [0.25, 0.3) is 0 Å². The van der Waals surface area contributed by atoms with E-state index in [-0.39, 0.29) is 0 Å². The predicted molar refractivity (Wildman–Crippen MR) is 86.3 cm³/mol. The molecule has 3 aromatic rings. The topological polar surface area (TPSA) is 27.1 Å². The van der Waals surface area contributed by atoms with Crippen LogP contribution in [0.5, 0.6) is 0 Å². The van der Waals surface area contributed by atoms with Gasteiger partial charge in [-0.15, -0.1) is 0 Å². The van der Waals surface area contributed by atoms with E-state index in [9.17, 15) is 8.78 Å². The summed E-state index contributed by atoms with van der Waals surface area (Å²) in [5.41, 5.74) is 3.17. The summed E-state index contributed by atoms with van der Waals surface area (Å²) in [5, 5.41) is 0.335. The first kappa shape index (κ1) is 15.6. The van der Waals surface area contributed by atoms with Gasteiger partial charge in [0.2, 0.25) is 0 Å². The van der Waals surface area contributed by atoms with Gasteiger partial charge in [-0.05, 0) is 43.2 Å². The largest absolute Gasteiger partial charge is 0.385 e. The Balaban J connectivity index is 2.26. The molecule has 0 spiro atoms. The molecule has 5 heteroatoms. The summed E-state index contributed by atoms with van der Waals surface area (Å²) in [6.45, 7) is 3.09. The van der Waals surface area contributed by atoms with Crippen molar-refractivity contribution in [3.63, 3.8) is 0 Å². The van der Waals surface area contributed by atoms with Gasteiger partial charge < -0.3 is 9.30 Å². The van der Waals surface area contributed by atoms with Crippen molar-refractivity contribution in [3.05, 3.63) is 53.9 Å². The van der Waals surface area contributed by atoms with Crippen LogP contribution >= 0.6 is 0 Å². The minimum Gasteiger partial charge on any atom is -0.385 e. The van der Waals surface area contributed by atoms with E-state index in [1.807, 2.05) is 23.6 Å². The van der Waals surface area contributed by atoms with Crippen LogP contribution in [-0.2, 0) is 11.3 Å². The van der Waals surface area contributed by atoms with Gasteiger partial charge in [0.15, 0.2) is 11.6 Å². The third-order valence-electron chi connectivity index (χ3n) is 4.03. The lowest BCUT2D eigenvalue weighted by Crippen LogP contribution is -2.03. The van der Waals surface area contributed by atoms with Gasteiger partial charge in [0.05, 0.1) is 11.2 Å². The Morgan fingerprint density at radius 1 is 1.22 bits per heavy atom. The molecule has 0 aliphatic heterocycles. The number of fused-ring (bicyclic) bond motifs is 1. The highest BCUT2D eigenvalue weighted by atomic mass is 19.2. The fourth-order valence-corrected chi connectivity index (χ4v) is 3.04. The summed E-state index contributed by atoms with van der Waals surface area (Å²) < 4.78 is 35.1. The molecule has 120 valence electrons. The third kappa shape index (κ3) is 2.72. The molecular weight excluding hydrogens is 298 g/mol. The van der Waals surface area contributed by atoms with Crippen molar-refractivity contribution in [2.45, 2.75) is 19.9 Å². The normalized spacial score (nSPS) is 11.3. The monoisotopic (exact) mass is 316 g/mol. The molecule has 1 aromatic carbocycles. The van der Waals surface area contributed by atoms with Crippen LogP contribution in [-0.4, -0.2) is 23.3 Å². The number of rotatable bonds is 5. The average Bonchev–Trinajstić information content (AvgIpc) is 2.85. The molecule has 0 aliphatic carbocycles. The highest BCUT2D eigenvalue weighted by Crippen LogP contribution is 2.35. The quantitative estimate of drug-likeness (QED) is 0.655. The molecule has 0 radical (unpaired) electrons. The summed E-state index contributed by atoms with van der Waals surface area (Å²) in [6, 6.07) is 6.57. The van der Waals surface area contributed by atoms with Gasteiger partial charge in [-0.3, -0.25) is 4.98 Å². The zero-order valence-corrected chi connectivity index (χ0v) is 13.1. The van der Waals surface area contributed by atoms with Gasteiger partial charge >= 0.3 is 0 Å². The number of nitrogens with zero attached hydrogens (tertiary/aromatic N) is 2. The molecule has 0 N–H and O–H groups in total. The minimum absolute atomic E-state index is 0.335. The lowest BCUT2D eigenvalue weighted by Gasteiger charge is -2.11. The van der Waals surface area contributed by atoms with Crippen LogP contribution in [0.2, 0.25) is 0 Å². The van der Waals surface area contributed by atoms with Crippen LogP contribution in [0.3, 0.4) is 0 Å². The van der Waals surface area contributed by atoms with Crippen molar-refractivity contribution in [3.8, 4) is 11.3 Å². The molecule has 0 atom stereocenters. The van der Waals surface area contributed by atoms with Gasteiger partial charge in [0.1, 0.15) is 0 Å². The second-order valence-corrected chi connectivity index (χ2v) is 5.47. The molecule has 0 saturated carbocycles. The number of hydrogen-bond donors (Lipinski definition) is 0. The Labute approximate surface area is 133 Å². The van der Waals surface area contributed by atoms with E-state index in [4.69, 9.17) is 4.74 Å². The highest BCUT2D eigenvalue weighted by molar-refractivity contribution is 5.92. The Kier molecular flexibility index (Phi) is 4.39. The summed E-state index contributed by atoms with van der Waals surface area (Å²) in [6.07, 6.45) is 4.21. The number of halogens is 2. The highest BCUT2D eigenvalue weighted by Gasteiger charge is 2.20. The first-order valence-electron chi connectivity index (χ1n) is 7.51. The fourth-order valence-electron chi connectivity index (χ4n) is 3.04. The summed E-state index contributed by atoms with van der Waals surface area (Å²) >= 11 is 0. The van der Waals surface area contributed by atoms with E-state index in [1.165, 1.54) is 6.07 Å². The summed E-state index contributed by atoms with van der Waals surface area (Å²) in [4.78, 5) is 4.14. The van der Waals surface area contributed by atoms with Gasteiger partial charge in [-0.1, -0.05) is 0 Å². The molecule has 3 nitrogen and oxygen atoms in total. The molecule has 0 aliphatic rings. The second-order valence-electron chi connectivity index (χ2n) is 5.47. The van der Waals surface area contributed by atoms with Crippen molar-refractivity contribution in [2.24, 2.45) is 0 Å². The van der Waals surface area contributed by atoms with E-state index < -0.39 is 11.6 Å². The van der Waals surface area contributed by atoms with E-state index in [1.54, 1.807) is 25.6 Å². The number of hydrogen-bond acceptors (Lipinski definition) is 2. The Hall–Kier alpha value is -2.27. The van der Waals surface area contributed by atoms with E-state index >= 15 is 0 Å². The van der Waals surface area contributed by atoms with E-state index in [0.717, 1.165) is 23.2 Å². The van der Waals surface area contributed by atoms with Gasteiger partial charge in [0, 0.05) is 43.6 Å². The minimum atomic E-state index is -0.827. The molecule has 2 heterocycles. The maximum Gasteiger partial charge on any atom is 0.168 e. The number of aromatic nitrogens is 2. The van der Waals surface area contributed by atoms with Crippen LogP contribution in [0.15, 0.2) is 36.7 Å². The lowest BCUT2D eigenvalue weighted by atomic mass is 10.1. The molecule has 0 saturated heterocycles. The zero-order valence-electron chi connectivity index (χ0n) is 13.1. The van der Waals surface area contributed by atoms with E-state index in [2.05, 4.69) is 4.98 Å². The Morgan fingerprint density at radius 2 is 2.04 bits per heavy atom. The number of methoxy groups -OCH3 is 1. The molecule has 0 unspecified atom stereocenters. The van der Waals surface area contributed by atoms with Crippen LogP contribution in [0.1, 0.15) is 12.0 Å². The van der Waals surface area contributed by atoms with Crippen LogP contribution < -0.4 is 0 Å². The maximum absolute atomic E-state index is 14.3. The van der Waals surface area contributed by atoms with Gasteiger partial charge in [-0.2, -0.15) is 0 Å². The van der Waals surface area contributed by atoms with Crippen molar-refractivity contribution >= 4 is 10.9 Å². The molecule has 2 aromatic heterocycles. The molecular formula is C18H18F2N2O. The fraction of sp³-hybridized carbons (Fsp3) is 0.278. The van der Waals surface area contributed by atoms with Crippen molar-refractivity contribution in [1.29, 1.82) is 0 Å². The van der Waals surface area contributed by atoms with Crippen molar-refractivity contribution in [2.75, 3.05) is 13.7 Å². The van der Waals surface area contributed by atoms with Gasteiger partial charge in [-0.25, -0.2) is 8.78 Å². The predicted octanol–water partition coefficient (Wildman–Crippen LogP) is 4.33. The standard InChI is InChI=1S/C18H18F2N2O/c1-12-16-15(7-6-14(19)17(16)20)22(9-4-10-23-2)18(12)13-5-3-8-21-11-13/h3,5-8,11H,4,9-10H2,1-2H3. The maximum atomic E-state index is 14.3.